The first-order valence-corrected chi connectivity index (χ1v) is 6.19. The highest BCUT2D eigenvalue weighted by atomic mass is 16.5. The zero-order valence-corrected chi connectivity index (χ0v) is 10.4. The van der Waals surface area contributed by atoms with Crippen LogP contribution in [-0.4, -0.2) is 18.5 Å². The molecule has 1 aromatic carbocycles. The van der Waals surface area contributed by atoms with Gasteiger partial charge in [-0.2, -0.15) is 0 Å². The van der Waals surface area contributed by atoms with E-state index in [1.165, 1.54) is 0 Å². The number of esters is 1. The Kier molecular flexibility index (Phi) is 2.24. The Labute approximate surface area is 105 Å². The van der Waals surface area contributed by atoms with Gasteiger partial charge in [0.25, 0.3) is 0 Å². The standard InChI is InChI=1S/C14H15NO3/c1-3-18-12(16)10-7-14(10)9-6-8(2)4-5-11(9)15-13(14)17/h4-6,10H,3,7H2,1-2H3,(H,15,17). The molecule has 94 valence electrons. The fourth-order valence-electron chi connectivity index (χ4n) is 2.83. The van der Waals surface area contributed by atoms with Crippen molar-refractivity contribution in [3.05, 3.63) is 29.3 Å². The Hall–Kier alpha value is -1.84. The van der Waals surface area contributed by atoms with Gasteiger partial charge in [-0.1, -0.05) is 17.7 Å². The topological polar surface area (TPSA) is 55.4 Å². The SMILES string of the molecule is CCOC(=O)C1CC12C(=O)Nc1ccc(C)cc12. The number of rotatable bonds is 2. The van der Waals surface area contributed by atoms with Crippen LogP contribution in [0, 0.1) is 12.8 Å². The van der Waals surface area contributed by atoms with Crippen LogP contribution in [-0.2, 0) is 19.7 Å². The van der Waals surface area contributed by atoms with Gasteiger partial charge in [0.05, 0.1) is 17.9 Å². The lowest BCUT2D eigenvalue weighted by Crippen LogP contribution is -2.25. The summed E-state index contributed by atoms with van der Waals surface area (Å²) in [5.74, 6) is -0.649. The first kappa shape index (κ1) is 11.3. The van der Waals surface area contributed by atoms with Crippen molar-refractivity contribution < 1.29 is 14.3 Å². The molecule has 0 saturated heterocycles. The predicted molar refractivity (Wildman–Crippen MR) is 66.2 cm³/mol. The minimum Gasteiger partial charge on any atom is -0.466 e. The maximum Gasteiger partial charge on any atom is 0.310 e. The maximum atomic E-state index is 12.1. The zero-order chi connectivity index (χ0) is 12.9. The summed E-state index contributed by atoms with van der Waals surface area (Å²) in [6.45, 7) is 4.12. The highest BCUT2D eigenvalue weighted by Gasteiger charge is 2.68. The fourth-order valence-corrected chi connectivity index (χ4v) is 2.83. The number of carbonyl (C=O) groups excluding carboxylic acids is 2. The second kappa shape index (κ2) is 3.57. The van der Waals surface area contributed by atoms with Crippen molar-refractivity contribution in [2.45, 2.75) is 25.7 Å². The summed E-state index contributed by atoms with van der Waals surface area (Å²) < 4.78 is 5.03. The van der Waals surface area contributed by atoms with Gasteiger partial charge >= 0.3 is 5.97 Å². The van der Waals surface area contributed by atoms with Gasteiger partial charge in [0.2, 0.25) is 5.91 Å². The van der Waals surface area contributed by atoms with Crippen LogP contribution in [0.5, 0.6) is 0 Å². The molecular weight excluding hydrogens is 230 g/mol. The third-order valence-electron chi connectivity index (χ3n) is 3.84. The van der Waals surface area contributed by atoms with E-state index in [4.69, 9.17) is 4.74 Å². The Morgan fingerprint density at radius 3 is 3.06 bits per heavy atom. The molecule has 1 spiro atoms. The quantitative estimate of drug-likeness (QED) is 0.808. The summed E-state index contributed by atoms with van der Waals surface area (Å²) in [5.41, 5.74) is 2.22. The van der Waals surface area contributed by atoms with Crippen LogP contribution in [0.3, 0.4) is 0 Å². The monoisotopic (exact) mass is 245 g/mol. The number of hydrogen-bond acceptors (Lipinski definition) is 3. The molecule has 0 bridgehead atoms. The van der Waals surface area contributed by atoms with Crippen molar-refractivity contribution in [3.63, 3.8) is 0 Å². The molecule has 1 fully saturated rings. The molecule has 2 aliphatic rings. The normalized spacial score (nSPS) is 27.9. The average molecular weight is 245 g/mol. The fraction of sp³-hybridized carbons (Fsp3) is 0.429. The van der Waals surface area contributed by atoms with Gasteiger partial charge in [0.15, 0.2) is 0 Å². The number of hydrogen-bond donors (Lipinski definition) is 1. The number of nitrogens with one attached hydrogen (secondary N) is 1. The van der Waals surface area contributed by atoms with Crippen molar-refractivity contribution in [1.82, 2.24) is 0 Å². The third kappa shape index (κ3) is 1.32. The number of amides is 1. The zero-order valence-electron chi connectivity index (χ0n) is 10.4. The molecule has 18 heavy (non-hydrogen) atoms. The highest BCUT2D eigenvalue weighted by molar-refractivity contribution is 6.12. The van der Waals surface area contributed by atoms with Crippen molar-refractivity contribution in [1.29, 1.82) is 0 Å². The van der Waals surface area contributed by atoms with E-state index < -0.39 is 5.41 Å². The van der Waals surface area contributed by atoms with Crippen molar-refractivity contribution in [3.8, 4) is 0 Å². The molecule has 1 heterocycles. The van der Waals surface area contributed by atoms with E-state index in [2.05, 4.69) is 5.32 Å². The Bertz CT molecular complexity index is 552. The van der Waals surface area contributed by atoms with E-state index in [-0.39, 0.29) is 17.8 Å². The van der Waals surface area contributed by atoms with Crippen molar-refractivity contribution in [2.75, 3.05) is 11.9 Å². The molecular formula is C14H15NO3. The Morgan fingerprint density at radius 1 is 1.56 bits per heavy atom. The summed E-state index contributed by atoms with van der Waals surface area (Å²) in [6, 6.07) is 5.85. The molecule has 1 saturated carbocycles. The first-order chi connectivity index (χ1) is 8.59. The lowest BCUT2D eigenvalue weighted by atomic mass is 9.93. The molecule has 1 N–H and O–H groups in total. The van der Waals surface area contributed by atoms with Gasteiger partial charge in [-0.3, -0.25) is 9.59 Å². The van der Waals surface area contributed by atoms with Crippen LogP contribution >= 0.6 is 0 Å². The summed E-state index contributed by atoms with van der Waals surface area (Å²) in [4.78, 5) is 23.9. The van der Waals surface area contributed by atoms with Gasteiger partial charge < -0.3 is 10.1 Å². The van der Waals surface area contributed by atoms with Crippen LogP contribution in [0.25, 0.3) is 0 Å². The largest absolute Gasteiger partial charge is 0.466 e. The van der Waals surface area contributed by atoms with Crippen LogP contribution in [0.1, 0.15) is 24.5 Å². The average Bonchev–Trinajstić information content (AvgIpc) is 3.02. The van der Waals surface area contributed by atoms with Crippen LogP contribution in [0.15, 0.2) is 18.2 Å². The molecule has 2 atom stereocenters. The molecule has 4 nitrogen and oxygen atoms in total. The van der Waals surface area contributed by atoms with Gasteiger partial charge in [0.1, 0.15) is 0 Å². The van der Waals surface area contributed by atoms with E-state index in [0.717, 1.165) is 16.8 Å². The Balaban J connectivity index is 1.99. The van der Waals surface area contributed by atoms with E-state index in [1.807, 2.05) is 25.1 Å². The summed E-state index contributed by atoms with van der Waals surface area (Å²) in [6.07, 6.45) is 0.564. The molecule has 1 amide bonds. The van der Waals surface area contributed by atoms with E-state index in [9.17, 15) is 9.59 Å². The number of benzene rings is 1. The number of ether oxygens (including phenoxy) is 1. The van der Waals surface area contributed by atoms with Crippen LogP contribution < -0.4 is 5.32 Å². The van der Waals surface area contributed by atoms with Gasteiger partial charge in [-0.25, -0.2) is 0 Å². The predicted octanol–water partition coefficient (Wildman–Crippen LogP) is 1.77. The second-order valence-corrected chi connectivity index (χ2v) is 4.98. The molecule has 3 rings (SSSR count). The third-order valence-corrected chi connectivity index (χ3v) is 3.84. The van der Waals surface area contributed by atoms with Gasteiger partial charge in [-0.05, 0) is 31.9 Å². The molecule has 2 unspecified atom stereocenters. The number of anilines is 1. The van der Waals surface area contributed by atoms with E-state index in [0.29, 0.717) is 13.0 Å². The number of fused-ring (bicyclic) bond motifs is 2. The van der Waals surface area contributed by atoms with Crippen LogP contribution in [0.2, 0.25) is 0 Å². The molecule has 1 aromatic rings. The minimum atomic E-state index is -0.659. The van der Waals surface area contributed by atoms with Gasteiger partial charge in [-0.15, -0.1) is 0 Å². The number of aryl methyl sites for hydroxylation is 1. The summed E-state index contributed by atoms with van der Waals surface area (Å²) in [7, 11) is 0. The highest BCUT2D eigenvalue weighted by Crippen LogP contribution is 2.60. The van der Waals surface area contributed by atoms with Crippen molar-refractivity contribution >= 4 is 17.6 Å². The minimum absolute atomic E-state index is 0.0684. The summed E-state index contributed by atoms with van der Waals surface area (Å²) >= 11 is 0. The van der Waals surface area contributed by atoms with Crippen molar-refractivity contribution in [2.24, 2.45) is 5.92 Å². The van der Waals surface area contributed by atoms with Crippen LogP contribution in [0.4, 0.5) is 5.69 Å². The smallest absolute Gasteiger partial charge is 0.310 e. The molecule has 0 radical (unpaired) electrons. The lowest BCUT2D eigenvalue weighted by molar-refractivity contribution is -0.146. The molecule has 1 aliphatic carbocycles. The van der Waals surface area contributed by atoms with Gasteiger partial charge in [0, 0.05) is 5.69 Å². The maximum absolute atomic E-state index is 12.1. The van der Waals surface area contributed by atoms with E-state index >= 15 is 0 Å². The number of carbonyl (C=O) groups is 2. The first-order valence-electron chi connectivity index (χ1n) is 6.19. The second-order valence-electron chi connectivity index (χ2n) is 4.98. The Morgan fingerprint density at radius 2 is 2.33 bits per heavy atom. The summed E-state index contributed by atoms with van der Waals surface area (Å²) in [5, 5.41) is 2.86. The molecule has 0 aromatic heterocycles. The molecule has 4 heteroatoms. The van der Waals surface area contributed by atoms with E-state index in [1.54, 1.807) is 6.92 Å². The lowest BCUT2D eigenvalue weighted by Gasteiger charge is -2.08. The molecule has 1 aliphatic heterocycles.